The van der Waals surface area contributed by atoms with Gasteiger partial charge in [-0.15, -0.1) is 0 Å². The summed E-state index contributed by atoms with van der Waals surface area (Å²) in [5, 5.41) is 13.8. The summed E-state index contributed by atoms with van der Waals surface area (Å²) in [4.78, 5) is 44.8. The molecule has 0 saturated carbocycles. The largest absolute Gasteiger partial charge is 0.480 e. The fourth-order valence-corrected chi connectivity index (χ4v) is 3.52. The average molecular weight is 489 g/mol. The zero-order valence-corrected chi connectivity index (χ0v) is 21.5. The first-order valence-corrected chi connectivity index (χ1v) is 11.6. The van der Waals surface area contributed by atoms with E-state index in [1.807, 2.05) is 44.2 Å². The van der Waals surface area contributed by atoms with Gasteiger partial charge in [-0.05, 0) is 39.5 Å². The van der Waals surface area contributed by atoms with Gasteiger partial charge in [-0.2, -0.15) is 4.98 Å². The Morgan fingerprint density at radius 3 is 2.23 bits per heavy atom. The van der Waals surface area contributed by atoms with Crippen molar-refractivity contribution in [1.29, 1.82) is 0 Å². The molecule has 0 unspecified atom stereocenters. The highest BCUT2D eigenvalue weighted by Crippen LogP contribution is 2.20. The Kier molecular flexibility index (Phi) is 9.39. The molecule has 1 aromatic heterocycles. The Morgan fingerprint density at radius 2 is 1.69 bits per heavy atom. The van der Waals surface area contributed by atoms with Gasteiger partial charge in [0.25, 0.3) is 0 Å². The molecule has 2 atom stereocenters. The lowest BCUT2D eigenvalue weighted by Gasteiger charge is -2.35. The summed E-state index contributed by atoms with van der Waals surface area (Å²) in [6.45, 7) is 9.08. The van der Waals surface area contributed by atoms with Crippen molar-refractivity contribution in [3.05, 3.63) is 36.2 Å². The number of likely N-dealkylation sites (N-methyl/N-ethyl adjacent to an activating group) is 2. The summed E-state index contributed by atoms with van der Waals surface area (Å²) in [6, 6.07) is 7.26. The lowest BCUT2D eigenvalue weighted by molar-refractivity contribution is -0.151. The zero-order chi connectivity index (χ0) is 26.3. The summed E-state index contributed by atoms with van der Waals surface area (Å²) >= 11 is 0. The highest BCUT2D eigenvalue weighted by molar-refractivity contribution is 5.89. The van der Waals surface area contributed by atoms with Gasteiger partial charge in [0, 0.05) is 26.1 Å². The molecule has 0 spiro atoms. The molecule has 192 valence electrons. The maximum absolute atomic E-state index is 13.4. The second-order valence-corrected chi connectivity index (χ2v) is 9.96. The smallest absolute Gasteiger partial charge is 0.410 e. The van der Waals surface area contributed by atoms with E-state index in [-0.39, 0.29) is 24.7 Å². The summed E-state index contributed by atoms with van der Waals surface area (Å²) in [7, 11) is 2.92. The van der Waals surface area contributed by atoms with E-state index in [1.165, 1.54) is 23.9 Å². The van der Waals surface area contributed by atoms with E-state index in [1.54, 1.807) is 20.8 Å². The molecule has 2 aromatic rings. The van der Waals surface area contributed by atoms with Crippen molar-refractivity contribution in [2.75, 3.05) is 14.1 Å². The third kappa shape index (κ3) is 8.08. The fraction of sp³-hybridized carbons (Fsp3) is 0.560. The summed E-state index contributed by atoms with van der Waals surface area (Å²) in [5.74, 6) is -0.865. The van der Waals surface area contributed by atoms with Crippen molar-refractivity contribution in [1.82, 2.24) is 19.9 Å². The van der Waals surface area contributed by atoms with Crippen LogP contribution in [0.5, 0.6) is 0 Å². The Morgan fingerprint density at radius 1 is 1.06 bits per heavy atom. The predicted molar refractivity (Wildman–Crippen MR) is 129 cm³/mol. The van der Waals surface area contributed by atoms with Gasteiger partial charge in [0.05, 0.1) is 0 Å². The standard InChI is InChI=1S/C25H36N4O6/c1-16(2)15-19(29(7)24(33)34-25(3,4)5)22(30)28(6)18(23(31)32)13-14-20-26-21(27-35-20)17-11-9-8-10-12-17/h8-12,16,18-19H,13-15H2,1-7H3,(H,31,32)/t18-,19+/m1/s1. The Bertz CT molecular complexity index is 999. The number of aryl methyl sites for hydroxylation is 1. The van der Waals surface area contributed by atoms with Crippen molar-refractivity contribution in [2.45, 2.75) is 71.6 Å². The van der Waals surface area contributed by atoms with Gasteiger partial charge >= 0.3 is 12.1 Å². The molecule has 0 radical (unpaired) electrons. The Hall–Kier alpha value is -3.43. The highest BCUT2D eigenvalue weighted by atomic mass is 16.6. The normalized spacial score (nSPS) is 13.3. The number of aliphatic carboxylic acids is 1. The summed E-state index contributed by atoms with van der Waals surface area (Å²) in [6.07, 6.45) is -0.0462. The number of hydrogen-bond acceptors (Lipinski definition) is 7. The van der Waals surface area contributed by atoms with Crippen LogP contribution < -0.4 is 0 Å². The van der Waals surface area contributed by atoms with E-state index < -0.39 is 35.7 Å². The number of hydrogen-bond donors (Lipinski definition) is 1. The van der Waals surface area contributed by atoms with Crippen molar-refractivity contribution in [2.24, 2.45) is 5.92 Å². The number of carboxylic acids is 1. The van der Waals surface area contributed by atoms with Gasteiger partial charge in [0.2, 0.25) is 17.6 Å². The minimum Gasteiger partial charge on any atom is -0.480 e. The molecule has 0 saturated heterocycles. The molecular formula is C25H36N4O6. The molecule has 2 amide bonds. The second kappa shape index (κ2) is 11.8. The van der Waals surface area contributed by atoms with Crippen LogP contribution in [-0.2, 0) is 20.7 Å². The topological polar surface area (TPSA) is 126 Å². The van der Waals surface area contributed by atoms with Crippen LogP contribution >= 0.6 is 0 Å². The van der Waals surface area contributed by atoms with E-state index in [9.17, 15) is 19.5 Å². The molecule has 0 aliphatic carbocycles. The van der Waals surface area contributed by atoms with Gasteiger partial charge < -0.3 is 19.3 Å². The summed E-state index contributed by atoms with van der Waals surface area (Å²) in [5.41, 5.74) is 0.0564. The molecule has 10 heteroatoms. The molecule has 2 rings (SSSR count). The van der Waals surface area contributed by atoms with Crippen LogP contribution in [0.25, 0.3) is 11.4 Å². The van der Waals surface area contributed by atoms with Crippen LogP contribution in [0.3, 0.4) is 0 Å². The summed E-state index contributed by atoms with van der Waals surface area (Å²) < 4.78 is 10.7. The van der Waals surface area contributed by atoms with Gasteiger partial charge in [-0.1, -0.05) is 49.3 Å². The predicted octanol–water partition coefficient (Wildman–Crippen LogP) is 3.86. The number of aromatic nitrogens is 2. The first-order valence-electron chi connectivity index (χ1n) is 11.6. The van der Waals surface area contributed by atoms with Crippen molar-refractivity contribution in [3.63, 3.8) is 0 Å². The molecule has 0 fully saturated rings. The molecule has 0 aliphatic rings. The van der Waals surface area contributed by atoms with Crippen LogP contribution in [0.2, 0.25) is 0 Å². The number of nitrogens with zero attached hydrogens (tertiary/aromatic N) is 4. The maximum Gasteiger partial charge on any atom is 0.410 e. The van der Waals surface area contributed by atoms with Gasteiger partial charge in [0.1, 0.15) is 17.7 Å². The molecule has 35 heavy (non-hydrogen) atoms. The first kappa shape index (κ1) is 27.8. The highest BCUT2D eigenvalue weighted by Gasteiger charge is 2.36. The molecule has 1 heterocycles. The number of carbonyl (C=O) groups excluding carboxylic acids is 2. The van der Waals surface area contributed by atoms with Crippen LogP contribution in [0.4, 0.5) is 4.79 Å². The van der Waals surface area contributed by atoms with Crippen molar-refractivity contribution < 1.29 is 28.8 Å². The molecular weight excluding hydrogens is 452 g/mol. The third-order valence-electron chi connectivity index (χ3n) is 5.36. The lowest BCUT2D eigenvalue weighted by Crippen LogP contribution is -2.54. The zero-order valence-electron chi connectivity index (χ0n) is 21.5. The van der Waals surface area contributed by atoms with Crippen LogP contribution in [0.1, 0.15) is 53.4 Å². The van der Waals surface area contributed by atoms with Crippen molar-refractivity contribution >= 4 is 18.0 Å². The van der Waals surface area contributed by atoms with Crippen LogP contribution in [0, 0.1) is 5.92 Å². The monoisotopic (exact) mass is 488 g/mol. The number of ether oxygens (including phenoxy) is 1. The number of rotatable bonds is 10. The number of carbonyl (C=O) groups is 3. The maximum atomic E-state index is 13.4. The number of carboxylic acid groups (broad SMARTS) is 1. The minimum absolute atomic E-state index is 0.0680. The van der Waals surface area contributed by atoms with E-state index in [0.29, 0.717) is 12.2 Å². The van der Waals surface area contributed by atoms with E-state index in [0.717, 1.165) is 5.56 Å². The number of benzene rings is 1. The molecule has 1 N–H and O–H groups in total. The Labute approximate surface area is 206 Å². The van der Waals surface area contributed by atoms with Gasteiger partial charge in [-0.25, -0.2) is 9.59 Å². The number of amides is 2. The molecule has 0 bridgehead atoms. The van der Waals surface area contributed by atoms with Crippen LogP contribution in [-0.4, -0.2) is 74.8 Å². The first-order chi connectivity index (χ1) is 16.3. The molecule has 10 nitrogen and oxygen atoms in total. The third-order valence-corrected chi connectivity index (χ3v) is 5.36. The molecule has 1 aromatic carbocycles. The van der Waals surface area contributed by atoms with E-state index in [2.05, 4.69) is 10.1 Å². The second-order valence-electron chi connectivity index (χ2n) is 9.96. The average Bonchev–Trinajstić information content (AvgIpc) is 3.24. The quantitative estimate of drug-likeness (QED) is 0.534. The van der Waals surface area contributed by atoms with Crippen LogP contribution in [0.15, 0.2) is 34.9 Å². The fourth-order valence-electron chi connectivity index (χ4n) is 3.52. The van der Waals surface area contributed by atoms with E-state index >= 15 is 0 Å². The van der Waals surface area contributed by atoms with E-state index in [4.69, 9.17) is 9.26 Å². The Balaban J connectivity index is 2.15. The lowest BCUT2D eigenvalue weighted by atomic mass is 10.0. The SMILES string of the molecule is CC(C)C[C@@H](C(=O)N(C)[C@H](CCc1nc(-c2ccccc2)no1)C(=O)O)N(C)C(=O)OC(C)(C)C. The van der Waals surface area contributed by atoms with Gasteiger partial charge in [-0.3, -0.25) is 9.69 Å². The van der Waals surface area contributed by atoms with Gasteiger partial charge in [0.15, 0.2) is 0 Å². The molecule has 0 aliphatic heterocycles. The minimum atomic E-state index is -1.16. The van der Waals surface area contributed by atoms with Crippen molar-refractivity contribution in [3.8, 4) is 11.4 Å².